The zero-order valence-corrected chi connectivity index (χ0v) is 13.0. The highest BCUT2D eigenvalue weighted by Crippen LogP contribution is 2.22. The molecule has 1 aromatic carbocycles. The molecule has 0 atom stereocenters. The van der Waals surface area contributed by atoms with Crippen molar-refractivity contribution < 1.29 is 14.3 Å². The number of methoxy groups -OCH3 is 1. The average Bonchev–Trinajstić information content (AvgIpc) is 2.91. The molecule has 20 heavy (non-hydrogen) atoms. The van der Waals surface area contributed by atoms with Crippen molar-refractivity contribution in [2.45, 2.75) is 0 Å². The highest BCUT2D eigenvalue weighted by molar-refractivity contribution is 9.11. The smallest absolute Gasteiger partial charge is 0.337 e. The number of thiophene rings is 1. The highest BCUT2D eigenvalue weighted by atomic mass is 79.9. The average molecular weight is 351 g/mol. The second-order valence-electron chi connectivity index (χ2n) is 3.91. The number of ketones is 1. The van der Waals surface area contributed by atoms with Gasteiger partial charge in [0.25, 0.3) is 0 Å². The fourth-order valence-electron chi connectivity index (χ4n) is 1.55. The van der Waals surface area contributed by atoms with Crippen molar-refractivity contribution in [2.24, 2.45) is 0 Å². The molecular formula is C15H11BrO3S. The number of hydrogen-bond acceptors (Lipinski definition) is 4. The summed E-state index contributed by atoms with van der Waals surface area (Å²) in [5.74, 6) is -0.419. The predicted molar refractivity (Wildman–Crippen MR) is 83.2 cm³/mol. The predicted octanol–water partition coefficient (Wildman–Crippen LogP) is 4.19. The molecule has 0 aliphatic heterocycles. The highest BCUT2D eigenvalue weighted by Gasteiger charge is 2.05. The first kappa shape index (κ1) is 14.7. The third-order valence-electron chi connectivity index (χ3n) is 2.57. The maximum absolute atomic E-state index is 11.9. The van der Waals surface area contributed by atoms with E-state index in [0.29, 0.717) is 10.4 Å². The Hall–Kier alpha value is -1.72. The van der Waals surface area contributed by atoms with E-state index in [0.717, 1.165) is 9.35 Å². The summed E-state index contributed by atoms with van der Waals surface area (Å²) >= 11 is 4.72. The Morgan fingerprint density at radius 2 is 1.85 bits per heavy atom. The number of carbonyl (C=O) groups is 2. The van der Waals surface area contributed by atoms with Crippen LogP contribution in [0.1, 0.15) is 25.6 Å². The van der Waals surface area contributed by atoms with Crippen molar-refractivity contribution >= 4 is 45.1 Å². The zero-order valence-electron chi connectivity index (χ0n) is 10.6. The van der Waals surface area contributed by atoms with E-state index < -0.39 is 0 Å². The lowest BCUT2D eigenvalue weighted by atomic mass is 10.1. The molecule has 0 radical (unpaired) electrons. The number of rotatable bonds is 4. The summed E-state index contributed by atoms with van der Waals surface area (Å²) in [5.41, 5.74) is 1.33. The summed E-state index contributed by atoms with van der Waals surface area (Å²) in [5, 5.41) is 0. The van der Waals surface area contributed by atoms with E-state index in [-0.39, 0.29) is 11.8 Å². The second-order valence-corrected chi connectivity index (χ2v) is 6.38. The van der Waals surface area contributed by atoms with Gasteiger partial charge in [0, 0.05) is 0 Å². The first-order chi connectivity index (χ1) is 9.60. The van der Waals surface area contributed by atoms with Crippen molar-refractivity contribution in [1.82, 2.24) is 0 Å². The maximum Gasteiger partial charge on any atom is 0.337 e. The maximum atomic E-state index is 11.9. The molecule has 5 heteroatoms. The van der Waals surface area contributed by atoms with Crippen molar-refractivity contribution in [3.05, 3.63) is 62.3 Å². The van der Waals surface area contributed by atoms with Crippen LogP contribution in [0.3, 0.4) is 0 Å². The van der Waals surface area contributed by atoms with Gasteiger partial charge in [0.15, 0.2) is 5.78 Å². The number of esters is 1. The number of allylic oxidation sites excluding steroid dienone is 1. The van der Waals surface area contributed by atoms with Crippen LogP contribution in [0.5, 0.6) is 0 Å². The summed E-state index contributed by atoms with van der Waals surface area (Å²) < 4.78 is 5.55. The minimum atomic E-state index is -0.375. The van der Waals surface area contributed by atoms with Gasteiger partial charge in [-0.15, -0.1) is 11.3 Å². The molecule has 0 fully saturated rings. The molecule has 0 saturated carbocycles. The van der Waals surface area contributed by atoms with Gasteiger partial charge >= 0.3 is 5.97 Å². The van der Waals surface area contributed by atoms with E-state index in [9.17, 15) is 9.59 Å². The monoisotopic (exact) mass is 350 g/mol. The number of carbonyl (C=O) groups excluding carboxylic acids is 2. The summed E-state index contributed by atoms with van der Waals surface area (Å²) in [4.78, 5) is 23.8. The van der Waals surface area contributed by atoms with Crippen LogP contribution in [-0.2, 0) is 4.74 Å². The molecule has 1 aromatic heterocycles. The van der Waals surface area contributed by atoms with E-state index in [1.807, 2.05) is 6.07 Å². The van der Waals surface area contributed by atoms with Gasteiger partial charge in [-0.2, -0.15) is 0 Å². The van der Waals surface area contributed by atoms with Crippen molar-refractivity contribution in [2.75, 3.05) is 7.11 Å². The SMILES string of the molecule is COC(=O)c1ccc(/C=C/C(=O)c2ccc(Br)s2)cc1. The number of benzene rings is 1. The summed E-state index contributed by atoms with van der Waals surface area (Å²) in [6.07, 6.45) is 3.24. The van der Waals surface area contributed by atoms with Crippen molar-refractivity contribution in [3.8, 4) is 0 Å². The van der Waals surface area contributed by atoms with Gasteiger partial charge in [0.2, 0.25) is 0 Å². The quantitative estimate of drug-likeness (QED) is 0.471. The Labute approximate surface area is 129 Å². The molecule has 0 spiro atoms. The minimum Gasteiger partial charge on any atom is -0.465 e. The van der Waals surface area contributed by atoms with Gasteiger partial charge in [0.05, 0.1) is 21.3 Å². The Balaban J connectivity index is 2.08. The van der Waals surface area contributed by atoms with Gasteiger partial charge < -0.3 is 4.74 Å². The third kappa shape index (κ3) is 3.65. The van der Waals surface area contributed by atoms with Crippen LogP contribution in [0.15, 0.2) is 46.3 Å². The summed E-state index contributed by atoms with van der Waals surface area (Å²) in [7, 11) is 1.34. The van der Waals surface area contributed by atoms with E-state index in [1.54, 1.807) is 36.4 Å². The van der Waals surface area contributed by atoms with Gasteiger partial charge in [-0.3, -0.25) is 4.79 Å². The van der Waals surface area contributed by atoms with Gasteiger partial charge in [-0.1, -0.05) is 18.2 Å². The van der Waals surface area contributed by atoms with Crippen LogP contribution >= 0.6 is 27.3 Å². The van der Waals surface area contributed by atoms with Crippen LogP contribution in [0.4, 0.5) is 0 Å². The number of hydrogen-bond donors (Lipinski definition) is 0. The van der Waals surface area contributed by atoms with Gasteiger partial charge in [-0.05, 0) is 51.8 Å². The first-order valence-electron chi connectivity index (χ1n) is 5.76. The Morgan fingerprint density at radius 1 is 1.15 bits per heavy atom. The first-order valence-corrected chi connectivity index (χ1v) is 7.37. The van der Waals surface area contributed by atoms with Crippen molar-refractivity contribution in [3.63, 3.8) is 0 Å². The van der Waals surface area contributed by atoms with E-state index in [1.165, 1.54) is 24.5 Å². The van der Waals surface area contributed by atoms with E-state index in [2.05, 4.69) is 20.7 Å². The minimum absolute atomic E-state index is 0.0438. The number of ether oxygens (including phenoxy) is 1. The Morgan fingerprint density at radius 3 is 2.40 bits per heavy atom. The van der Waals surface area contributed by atoms with Crippen LogP contribution in [0.25, 0.3) is 6.08 Å². The van der Waals surface area contributed by atoms with Crippen molar-refractivity contribution in [1.29, 1.82) is 0 Å². The third-order valence-corrected chi connectivity index (χ3v) is 4.21. The molecule has 0 aliphatic carbocycles. The normalized spacial score (nSPS) is 10.7. The van der Waals surface area contributed by atoms with Crippen LogP contribution in [0, 0.1) is 0 Å². The molecule has 0 saturated heterocycles. The molecule has 102 valence electrons. The van der Waals surface area contributed by atoms with Gasteiger partial charge in [-0.25, -0.2) is 4.79 Å². The van der Waals surface area contributed by atoms with Crippen LogP contribution < -0.4 is 0 Å². The fraction of sp³-hybridized carbons (Fsp3) is 0.0667. The fourth-order valence-corrected chi connectivity index (χ4v) is 2.86. The Bertz CT molecular complexity index is 656. The van der Waals surface area contributed by atoms with E-state index >= 15 is 0 Å². The second kappa shape index (κ2) is 6.63. The lowest BCUT2D eigenvalue weighted by molar-refractivity contribution is 0.0600. The lowest BCUT2D eigenvalue weighted by Crippen LogP contribution is -2.00. The largest absolute Gasteiger partial charge is 0.465 e. The molecule has 0 amide bonds. The molecule has 2 rings (SSSR count). The van der Waals surface area contributed by atoms with Gasteiger partial charge in [0.1, 0.15) is 0 Å². The van der Waals surface area contributed by atoms with E-state index in [4.69, 9.17) is 0 Å². The zero-order chi connectivity index (χ0) is 14.5. The van der Waals surface area contributed by atoms with Crippen LogP contribution in [-0.4, -0.2) is 18.9 Å². The molecule has 0 aliphatic rings. The molecule has 0 N–H and O–H groups in total. The molecule has 2 aromatic rings. The molecule has 3 nitrogen and oxygen atoms in total. The topological polar surface area (TPSA) is 43.4 Å². The number of halogens is 1. The molecule has 0 unspecified atom stereocenters. The standard InChI is InChI=1S/C15H11BrO3S/c1-19-15(18)11-5-2-10(3-6-11)4-7-12(17)13-8-9-14(16)20-13/h2-9H,1H3/b7-4+. The summed E-state index contributed by atoms with van der Waals surface area (Å²) in [6, 6.07) is 10.5. The molecule has 1 heterocycles. The molecule has 0 bridgehead atoms. The Kier molecular flexibility index (Phi) is 4.87. The van der Waals surface area contributed by atoms with Crippen LogP contribution in [0.2, 0.25) is 0 Å². The molecular weight excluding hydrogens is 340 g/mol. The lowest BCUT2D eigenvalue weighted by Gasteiger charge is -1.99. The summed E-state index contributed by atoms with van der Waals surface area (Å²) in [6.45, 7) is 0.